The fourth-order valence-corrected chi connectivity index (χ4v) is 3.57. The van der Waals surface area contributed by atoms with Crippen LogP contribution < -0.4 is 4.72 Å². The van der Waals surface area contributed by atoms with Crippen molar-refractivity contribution in [3.05, 3.63) is 63.6 Å². The van der Waals surface area contributed by atoms with Crippen LogP contribution in [0.25, 0.3) is 0 Å². The van der Waals surface area contributed by atoms with Crippen molar-refractivity contribution < 1.29 is 17.2 Å². The predicted octanol–water partition coefficient (Wildman–Crippen LogP) is 3.51. The molecule has 0 atom stereocenters. The van der Waals surface area contributed by atoms with Gasteiger partial charge in [0.05, 0.1) is 4.90 Å². The molecular weight excluding hydrogens is 364 g/mol. The first-order valence-corrected chi connectivity index (χ1v) is 8.27. The van der Waals surface area contributed by atoms with Crippen LogP contribution in [0.3, 0.4) is 0 Å². The van der Waals surface area contributed by atoms with E-state index in [2.05, 4.69) is 20.7 Å². The molecule has 2 aromatic rings. The summed E-state index contributed by atoms with van der Waals surface area (Å²) >= 11 is 3.22. The van der Waals surface area contributed by atoms with Gasteiger partial charge in [0, 0.05) is 11.0 Å². The van der Waals surface area contributed by atoms with Crippen molar-refractivity contribution in [2.45, 2.75) is 18.4 Å². The van der Waals surface area contributed by atoms with E-state index in [1.807, 2.05) is 0 Å². The van der Waals surface area contributed by atoms with Crippen molar-refractivity contribution in [1.82, 2.24) is 4.72 Å². The molecule has 0 aliphatic heterocycles. The molecule has 2 rings (SSSR count). The van der Waals surface area contributed by atoms with Crippen molar-refractivity contribution >= 4 is 26.0 Å². The van der Waals surface area contributed by atoms with Crippen molar-refractivity contribution in [2.24, 2.45) is 0 Å². The molecule has 21 heavy (non-hydrogen) atoms. The van der Waals surface area contributed by atoms with Crippen LogP contribution in [0.4, 0.5) is 8.78 Å². The van der Waals surface area contributed by atoms with Gasteiger partial charge in [-0.3, -0.25) is 0 Å². The van der Waals surface area contributed by atoms with Gasteiger partial charge in [-0.25, -0.2) is 21.9 Å². The topological polar surface area (TPSA) is 46.2 Å². The van der Waals surface area contributed by atoms with Gasteiger partial charge in [-0.05, 0) is 42.3 Å². The zero-order chi connectivity index (χ0) is 15.6. The van der Waals surface area contributed by atoms with Gasteiger partial charge in [-0.15, -0.1) is 0 Å². The van der Waals surface area contributed by atoms with Gasteiger partial charge < -0.3 is 0 Å². The Kier molecular flexibility index (Phi) is 4.75. The average Bonchev–Trinajstić information content (AvgIpc) is 2.43. The number of hydrogen-bond donors (Lipinski definition) is 1. The Morgan fingerprint density at radius 2 is 1.81 bits per heavy atom. The molecule has 0 radical (unpaired) electrons. The Balaban J connectivity index is 2.21. The first-order valence-electron chi connectivity index (χ1n) is 5.99. The van der Waals surface area contributed by atoms with E-state index in [1.54, 1.807) is 19.1 Å². The summed E-state index contributed by atoms with van der Waals surface area (Å²) in [6.07, 6.45) is 0. The Morgan fingerprint density at radius 3 is 2.48 bits per heavy atom. The van der Waals surface area contributed by atoms with Gasteiger partial charge >= 0.3 is 0 Å². The van der Waals surface area contributed by atoms with E-state index in [0.29, 0.717) is 15.6 Å². The van der Waals surface area contributed by atoms with Gasteiger partial charge in [0.1, 0.15) is 0 Å². The zero-order valence-corrected chi connectivity index (χ0v) is 13.4. The third-order valence-corrected chi connectivity index (χ3v) is 4.93. The molecule has 0 spiro atoms. The summed E-state index contributed by atoms with van der Waals surface area (Å²) in [4.78, 5) is 0.138. The molecule has 0 fully saturated rings. The van der Waals surface area contributed by atoms with E-state index < -0.39 is 21.7 Å². The summed E-state index contributed by atoms with van der Waals surface area (Å²) in [6, 6.07) is 8.16. The largest absolute Gasteiger partial charge is 0.241 e. The van der Waals surface area contributed by atoms with Crippen LogP contribution in [0.2, 0.25) is 0 Å². The molecule has 1 N–H and O–H groups in total. The van der Waals surface area contributed by atoms with Gasteiger partial charge in [0.2, 0.25) is 10.0 Å². The lowest BCUT2D eigenvalue weighted by molar-refractivity contribution is 0.506. The molecule has 0 saturated carbocycles. The van der Waals surface area contributed by atoms with E-state index in [9.17, 15) is 17.2 Å². The highest BCUT2D eigenvalue weighted by molar-refractivity contribution is 9.10. The molecule has 3 nitrogen and oxygen atoms in total. The van der Waals surface area contributed by atoms with Crippen molar-refractivity contribution in [1.29, 1.82) is 0 Å². The minimum atomic E-state index is -3.73. The standard InChI is InChI=1S/C14H12BrF2NO2S/c1-9-2-4-11(15)7-14(9)21(19,20)18-8-10-3-5-12(16)13(17)6-10/h2-7,18H,8H2,1H3. The summed E-state index contributed by atoms with van der Waals surface area (Å²) < 4.78 is 53.4. The second-order valence-corrected chi connectivity index (χ2v) is 7.13. The van der Waals surface area contributed by atoms with Crippen molar-refractivity contribution in [2.75, 3.05) is 0 Å². The van der Waals surface area contributed by atoms with E-state index in [1.165, 1.54) is 12.1 Å². The Labute approximate surface area is 130 Å². The highest BCUT2D eigenvalue weighted by Gasteiger charge is 2.17. The third kappa shape index (κ3) is 3.87. The molecule has 7 heteroatoms. The van der Waals surface area contributed by atoms with Crippen LogP contribution in [-0.2, 0) is 16.6 Å². The lowest BCUT2D eigenvalue weighted by Gasteiger charge is -2.10. The molecule has 0 bridgehead atoms. The molecule has 2 aromatic carbocycles. The van der Waals surface area contributed by atoms with Crippen LogP contribution in [0.1, 0.15) is 11.1 Å². The molecule has 0 saturated heterocycles. The van der Waals surface area contributed by atoms with E-state index in [4.69, 9.17) is 0 Å². The number of sulfonamides is 1. The average molecular weight is 376 g/mol. The third-order valence-electron chi connectivity index (χ3n) is 2.89. The van der Waals surface area contributed by atoms with Gasteiger partial charge in [0.25, 0.3) is 0 Å². The fraction of sp³-hybridized carbons (Fsp3) is 0.143. The summed E-state index contributed by atoms with van der Waals surface area (Å²) in [7, 11) is -3.73. The molecule has 0 unspecified atom stereocenters. The van der Waals surface area contributed by atoms with E-state index >= 15 is 0 Å². The Hall–Kier alpha value is -1.31. The first-order chi connectivity index (χ1) is 9.79. The lowest BCUT2D eigenvalue weighted by atomic mass is 10.2. The predicted molar refractivity (Wildman–Crippen MR) is 79.3 cm³/mol. The van der Waals surface area contributed by atoms with Crippen molar-refractivity contribution in [3.63, 3.8) is 0 Å². The maximum absolute atomic E-state index is 13.1. The van der Waals surface area contributed by atoms with E-state index in [0.717, 1.165) is 12.1 Å². The number of halogens is 3. The second-order valence-electron chi connectivity index (χ2n) is 4.48. The number of nitrogens with one attached hydrogen (secondary N) is 1. The van der Waals surface area contributed by atoms with Crippen LogP contribution >= 0.6 is 15.9 Å². The molecule has 0 aromatic heterocycles. The van der Waals surface area contributed by atoms with Gasteiger partial charge in [-0.2, -0.15) is 0 Å². The minimum Gasteiger partial charge on any atom is -0.207 e. The Bertz CT molecular complexity index is 779. The Morgan fingerprint density at radius 1 is 1.10 bits per heavy atom. The summed E-state index contributed by atoms with van der Waals surface area (Å²) in [5.74, 6) is -1.98. The molecule has 0 aliphatic rings. The zero-order valence-electron chi connectivity index (χ0n) is 11.0. The molecule has 0 amide bonds. The normalized spacial score (nSPS) is 11.6. The van der Waals surface area contributed by atoms with Gasteiger partial charge in [-0.1, -0.05) is 28.1 Å². The minimum absolute atomic E-state index is 0.120. The van der Waals surface area contributed by atoms with E-state index in [-0.39, 0.29) is 11.4 Å². The summed E-state index contributed by atoms with van der Waals surface area (Å²) in [6.45, 7) is 1.56. The summed E-state index contributed by atoms with van der Waals surface area (Å²) in [5, 5.41) is 0. The number of rotatable bonds is 4. The quantitative estimate of drug-likeness (QED) is 0.888. The lowest BCUT2D eigenvalue weighted by Crippen LogP contribution is -2.24. The van der Waals surface area contributed by atoms with Crippen LogP contribution in [0.5, 0.6) is 0 Å². The highest BCUT2D eigenvalue weighted by Crippen LogP contribution is 2.20. The maximum Gasteiger partial charge on any atom is 0.241 e. The first kappa shape index (κ1) is 16.1. The molecule has 0 aliphatic carbocycles. The molecular formula is C14H12BrF2NO2S. The maximum atomic E-state index is 13.1. The fourth-order valence-electron chi connectivity index (χ4n) is 1.77. The van der Waals surface area contributed by atoms with Gasteiger partial charge in [0.15, 0.2) is 11.6 Å². The van der Waals surface area contributed by atoms with Crippen molar-refractivity contribution in [3.8, 4) is 0 Å². The smallest absolute Gasteiger partial charge is 0.207 e. The van der Waals surface area contributed by atoms with Crippen LogP contribution in [0.15, 0.2) is 45.8 Å². The second kappa shape index (κ2) is 6.21. The van der Waals surface area contributed by atoms with Crippen LogP contribution in [0, 0.1) is 18.6 Å². The number of benzene rings is 2. The van der Waals surface area contributed by atoms with Crippen LogP contribution in [-0.4, -0.2) is 8.42 Å². The highest BCUT2D eigenvalue weighted by atomic mass is 79.9. The summed E-state index contributed by atoms with van der Waals surface area (Å²) in [5.41, 5.74) is 0.932. The molecule has 112 valence electrons. The molecule has 0 heterocycles. The SMILES string of the molecule is Cc1ccc(Br)cc1S(=O)(=O)NCc1ccc(F)c(F)c1. The monoisotopic (exact) mass is 375 g/mol. The number of aryl methyl sites for hydroxylation is 1. The number of hydrogen-bond acceptors (Lipinski definition) is 2.